The van der Waals surface area contributed by atoms with Crippen LogP contribution >= 0.6 is 27.5 Å². The summed E-state index contributed by atoms with van der Waals surface area (Å²) >= 11 is 9.37. The summed E-state index contributed by atoms with van der Waals surface area (Å²) < 4.78 is 1.01. The molecule has 0 saturated heterocycles. The predicted octanol–water partition coefficient (Wildman–Crippen LogP) is 3.34. The van der Waals surface area contributed by atoms with Crippen molar-refractivity contribution in [1.82, 2.24) is 4.98 Å². The van der Waals surface area contributed by atoms with Gasteiger partial charge in [0.05, 0.1) is 10.0 Å². The van der Waals surface area contributed by atoms with E-state index in [-0.39, 0.29) is 5.54 Å². The van der Waals surface area contributed by atoms with Gasteiger partial charge in [0.2, 0.25) is 0 Å². The van der Waals surface area contributed by atoms with Crippen LogP contribution in [0.3, 0.4) is 0 Å². The topological polar surface area (TPSA) is 24.9 Å². The van der Waals surface area contributed by atoms with Crippen LogP contribution in [-0.4, -0.2) is 16.4 Å². The molecule has 1 saturated carbocycles. The van der Waals surface area contributed by atoms with Crippen LogP contribution in [0.2, 0.25) is 0 Å². The van der Waals surface area contributed by atoms with Crippen LogP contribution in [0.5, 0.6) is 0 Å². The quantitative estimate of drug-likeness (QED) is 0.856. The molecule has 0 bridgehead atoms. The summed E-state index contributed by atoms with van der Waals surface area (Å²) in [6.07, 6.45) is 4.13. The first kappa shape index (κ1) is 10.2. The Labute approximate surface area is 97.2 Å². The average Bonchev–Trinajstić information content (AvgIpc) is 2.91. The maximum atomic E-state index is 5.88. The Balaban J connectivity index is 2.17. The zero-order valence-corrected chi connectivity index (χ0v) is 10.3. The van der Waals surface area contributed by atoms with Gasteiger partial charge < -0.3 is 5.32 Å². The zero-order chi connectivity index (χ0) is 10.2. The van der Waals surface area contributed by atoms with Crippen LogP contribution in [0.15, 0.2) is 16.7 Å². The second kappa shape index (κ2) is 3.70. The van der Waals surface area contributed by atoms with Gasteiger partial charge in [0, 0.05) is 12.1 Å². The van der Waals surface area contributed by atoms with Gasteiger partial charge in [-0.1, -0.05) is 0 Å². The number of anilines is 1. The molecule has 76 valence electrons. The second-order valence-electron chi connectivity index (χ2n) is 3.88. The first-order valence-corrected chi connectivity index (χ1v) is 5.94. The number of nitrogens with one attached hydrogen (secondary N) is 1. The Morgan fingerprint density at radius 2 is 2.36 bits per heavy atom. The summed E-state index contributed by atoms with van der Waals surface area (Å²) in [4.78, 5) is 4.33. The molecule has 1 N–H and O–H groups in total. The molecule has 0 atom stereocenters. The number of halogens is 2. The van der Waals surface area contributed by atoms with Gasteiger partial charge in [-0.15, -0.1) is 11.6 Å². The fourth-order valence-corrected chi connectivity index (χ4v) is 2.22. The molecule has 2 nitrogen and oxygen atoms in total. The lowest BCUT2D eigenvalue weighted by Crippen LogP contribution is -2.23. The summed E-state index contributed by atoms with van der Waals surface area (Å²) in [5.74, 6) is 1.54. The Kier molecular flexibility index (Phi) is 2.71. The molecule has 0 aromatic carbocycles. The molecule has 1 aromatic rings. The minimum atomic E-state index is 0.104. The van der Waals surface area contributed by atoms with Gasteiger partial charge in [-0.2, -0.15) is 0 Å². The Hall–Kier alpha value is -0.280. The van der Waals surface area contributed by atoms with Crippen LogP contribution in [0.25, 0.3) is 0 Å². The molecule has 2 rings (SSSR count). The fourth-order valence-electron chi connectivity index (χ4n) is 1.32. The summed E-state index contributed by atoms with van der Waals surface area (Å²) in [5.41, 5.74) is 1.25. The van der Waals surface area contributed by atoms with E-state index < -0.39 is 0 Å². The number of aryl methyl sites for hydroxylation is 1. The molecule has 0 spiro atoms. The number of aromatic nitrogens is 1. The van der Waals surface area contributed by atoms with E-state index in [0.717, 1.165) is 28.7 Å². The molecule has 1 aromatic heterocycles. The molecular weight excluding hydrogens is 263 g/mol. The third-order valence-electron chi connectivity index (χ3n) is 2.47. The van der Waals surface area contributed by atoms with Crippen molar-refractivity contribution in [1.29, 1.82) is 0 Å². The lowest BCUT2D eigenvalue weighted by molar-refractivity contribution is 0.827. The van der Waals surface area contributed by atoms with Gasteiger partial charge in [-0.05, 0) is 47.3 Å². The lowest BCUT2D eigenvalue weighted by atomic mass is 10.3. The van der Waals surface area contributed by atoms with Crippen LogP contribution in [0, 0.1) is 6.92 Å². The van der Waals surface area contributed by atoms with Crippen LogP contribution in [0.4, 0.5) is 5.82 Å². The van der Waals surface area contributed by atoms with E-state index in [2.05, 4.69) is 32.3 Å². The number of alkyl halides is 1. The molecule has 0 radical (unpaired) electrons. The molecule has 1 aliphatic carbocycles. The molecule has 1 fully saturated rings. The standard InChI is InChI=1S/C10H12BrClN2/c1-7-4-8(11)9(13-5-7)14-10(6-12)2-3-10/h4-5H,2-3,6H2,1H3,(H,13,14). The van der Waals surface area contributed by atoms with Crippen molar-refractivity contribution in [3.63, 3.8) is 0 Å². The van der Waals surface area contributed by atoms with E-state index in [4.69, 9.17) is 11.6 Å². The Morgan fingerprint density at radius 3 is 2.86 bits per heavy atom. The van der Waals surface area contributed by atoms with Gasteiger partial charge in [-0.3, -0.25) is 0 Å². The van der Waals surface area contributed by atoms with Gasteiger partial charge in [0.1, 0.15) is 5.82 Å². The van der Waals surface area contributed by atoms with Crippen LogP contribution in [0.1, 0.15) is 18.4 Å². The van der Waals surface area contributed by atoms with Crippen molar-refractivity contribution in [2.45, 2.75) is 25.3 Å². The first-order valence-electron chi connectivity index (χ1n) is 4.61. The van der Waals surface area contributed by atoms with Crippen molar-refractivity contribution >= 4 is 33.3 Å². The second-order valence-corrected chi connectivity index (χ2v) is 5.00. The molecule has 4 heteroatoms. The smallest absolute Gasteiger partial charge is 0.140 e. The lowest BCUT2D eigenvalue weighted by Gasteiger charge is -2.15. The van der Waals surface area contributed by atoms with E-state index in [9.17, 15) is 0 Å². The third-order valence-corrected chi connectivity index (χ3v) is 3.59. The monoisotopic (exact) mass is 274 g/mol. The number of pyridine rings is 1. The number of hydrogen-bond donors (Lipinski definition) is 1. The number of hydrogen-bond acceptors (Lipinski definition) is 2. The first-order chi connectivity index (χ1) is 6.65. The van der Waals surface area contributed by atoms with Gasteiger partial charge in [-0.25, -0.2) is 4.98 Å². The number of nitrogens with zero attached hydrogens (tertiary/aromatic N) is 1. The molecule has 14 heavy (non-hydrogen) atoms. The number of rotatable bonds is 3. The summed E-state index contributed by atoms with van der Waals surface area (Å²) in [5, 5.41) is 3.38. The van der Waals surface area contributed by atoms with Crippen LogP contribution in [-0.2, 0) is 0 Å². The third kappa shape index (κ3) is 2.04. The average molecular weight is 276 g/mol. The van der Waals surface area contributed by atoms with E-state index in [0.29, 0.717) is 5.88 Å². The molecule has 0 amide bonds. The van der Waals surface area contributed by atoms with Crippen molar-refractivity contribution in [3.8, 4) is 0 Å². The van der Waals surface area contributed by atoms with Gasteiger partial charge in [0.15, 0.2) is 0 Å². The molecular formula is C10H12BrClN2. The zero-order valence-electron chi connectivity index (χ0n) is 7.98. The Morgan fingerprint density at radius 1 is 1.64 bits per heavy atom. The van der Waals surface area contributed by atoms with E-state index in [1.165, 1.54) is 0 Å². The Bertz CT molecular complexity index is 350. The highest BCUT2D eigenvalue weighted by atomic mass is 79.9. The van der Waals surface area contributed by atoms with Crippen LogP contribution < -0.4 is 5.32 Å². The maximum Gasteiger partial charge on any atom is 0.140 e. The fraction of sp³-hybridized carbons (Fsp3) is 0.500. The summed E-state index contributed by atoms with van der Waals surface area (Å²) in [6.45, 7) is 2.02. The normalized spacial score (nSPS) is 17.9. The SMILES string of the molecule is Cc1cnc(NC2(CCl)CC2)c(Br)c1. The molecule has 0 aliphatic heterocycles. The van der Waals surface area contributed by atoms with Crippen molar-refractivity contribution in [2.75, 3.05) is 11.2 Å². The molecule has 1 heterocycles. The minimum Gasteiger partial charge on any atom is -0.362 e. The maximum absolute atomic E-state index is 5.88. The predicted molar refractivity (Wildman–Crippen MR) is 63.0 cm³/mol. The molecule has 1 aliphatic rings. The van der Waals surface area contributed by atoms with Gasteiger partial charge >= 0.3 is 0 Å². The highest BCUT2D eigenvalue weighted by Gasteiger charge is 2.42. The van der Waals surface area contributed by atoms with E-state index >= 15 is 0 Å². The van der Waals surface area contributed by atoms with E-state index in [1.807, 2.05) is 13.1 Å². The minimum absolute atomic E-state index is 0.104. The van der Waals surface area contributed by atoms with Crippen molar-refractivity contribution in [2.24, 2.45) is 0 Å². The highest BCUT2D eigenvalue weighted by Crippen LogP contribution is 2.40. The summed E-state index contributed by atoms with van der Waals surface area (Å²) in [7, 11) is 0. The summed E-state index contributed by atoms with van der Waals surface area (Å²) in [6, 6.07) is 2.06. The largest absolute Gasteiger partial charge is 0.362 e. The van der Waals surface area contributed by atoms with Crippen molar-refractivity contribution in [3.05, 3.63) is 22.3 Å². The highest BCUT2D eigenvalue weighted by molar-refractivity contribution is 9.10. The van der Waals surface area contributed by atoms with E-state index in [1.54, 1.807) is 0 Å². The molecule has 0 unspecified atom stereocenters. The van der Waals surface area contributed by atoms with Crippen molar-refractivity contribution < 1.29 is 0 Å². The van der Waals surface area contributed by atoms with Gasteiger partial charge in [0.25, 0.3) is 0 Å².